The smallest absolute Gasteiger partial charge is 0.189 e. The van der Waals surface area contributed by atoms with Gasteiger partial charge in [-0.1, -0.05) is 0 Å². The second-order valence-corrected chi connectivity index (χ2v) is 3.32. The maximum absolute atomic E-state index is 11.6. The van der Waals surface area contributed by atoms with Crippen molar-refractivity contribution in [1.29, 1.82) is 0 Å². The molecule has 0 aliphatic carbocycles. The second-order valence-electron chi connectivity index (χ2n) is 3.32. The SMILES string of the molecule is CCOc1cc2[nH]ccc(=O)c2cc1OC. The fourth-order valence-electron chi connectivity index (χ4n) is 1.61. The van der Waals surface area contributed by atoms with Crippen LogP contribution in [0.1, 0.15) is 6.92 Å². The Morgan fingerprint density at radius 3 is 2.81 bits per heavy atom. The van der Waals surface area contributed by atoms with Gasteiger partial charge in [-0.3, -0.25) is 4.79 Å². The predicted molar refractivity (Wildman–Crippen MR) is 62.3 cm³/mol. The Bertz CT molecular complexity index is 560. The van der Waals surface area contributed by atoms with Gasteiger partial charge in [-0.2, -0.15) is 0 Å². The van der Waals surface area contributed by atoms with E-state index < -0.39 is 0 Å². The van der Waals surface area contributed by atoms with Crippen LogP contribution in [0.2, 0.25) is 0 Å². The van der Waals surface area contributed by atoms with Gasteiger partial charge in [0.2, 0.25) is 0 Å². The van der Waals surface area contributed by atoms with Crippen molar-refractivity contribution in [1.82, 2.24) is 4.98 Å². The van der Waals surface area contributed by atoms with E-state index in [1.165, 1.54) is 6.07 Å². The number of fused-ring (bicyclic) bond motifs is 1. The van der Waals surface area contributed by atoms with Crippen LogP contribution >= 0.6 is 0 Å². The molecule has 84 valence electrons. The van der Waals surface area contributed by atoms with Crippen LogP contribution in [0.15, 0.2) is 29.2 Å². The first kappa shape index (κ1) is 10.5. The molecule has 4 heteroatoms. The summed E-state index contributed by atoms with van der Waals surface area (Å²) in [5.41, 5.74) is 0.715. The number of benzene rings is 1. The molecule has 2 aromatic rings. The van der Waals surface area contributed by atoms with Crippen molar-refractivity contribution in [3.63, 3.8) is 0 Å². The number of hydrogen-bond acceptors (Lipinski definition) is 3. The molecule has 2 rings (SSSR count). The molecule has 0 saturated heterocycles. The number of nitrogens with one attached hydrogen (secondary N) is 1. The molecule has 0 aliphatic rings. The number of rotatable bonds is 3. The van der Waals surface area contributed by atoms with Gasteiger partial charge in [0, 0.05) is 23.7 Å². The van der Waals surface area contributed by atoms with Gasteiger partial charge < -0.3 is 14.5 Å². The number of ether oxygens (including phenoxy) is 2. The summed E-state index contributed by atoms with van der Waals surface area (Å²) in [7, 11) is 1.56. The summed E-state index contributed by atoms with van der Waals surface area (Å²) in [6.45, 7) is 2.45. The number of aromatic nitrogens is 1. The molecule has 4 nitrogen and oxygen atoms in total. The molecule has 16 heavy (non-hydrogen) atoms. The largest absolute Gasteiger partial charge is 0.493 e. The van der Waals surface area contributed by atoms with Gasteiger partial charge in [-0.15, -0.1) is 0 Å². The zero-order valence-corrected chi connectivity index (χ0v) is 9.24. The van der Waals surface area contributed by atoms with E-state index in [-0.39, 0.29) is 5.43 Å². The Hall–Kier alpha value is -1.97. The molecule has 0 radical (unpaired) electrons. The lowest BCUT2D eigenvalue weighted by Gasteiger charge is -2.10. The molecule has 0 fully saturated rings. The lowest BCUT2D eigenvalue weighted by atomic mass is 10.2. The standard InChI is InChI=1S/C12H13NO3/c1-3-16-12-7-9-8(6-11(12)15-2)10(14)4-5-13-9/h4-7H,3H2,1-2H3,(H,13,14). The number of pyridine rings is 1. The van der Waals surface area contributed by atoms with Crippen LogP contribution in [-0.4, -0.2) is 18.7 Å². The van der Waals surface area contributed by atoms with Crippen molar-refractivity contribution < 1.29 is 9.47 Å². The van der Waals surface area contributed by atoms with Gasteiger partial charge >= 0.3 is 0 Å². The normalized spacial score (nSPS) is 10.4. The summed E-state index contributed by atoms with van der Waals surface area (Å²) in [4.78, 5) is 14.6. The molecule has 0 aliphatic heterocycles. The van der Waals surface area contributed by atoms with Crippen LogP contribution in [0.25, 0.3) is 10.9 Å². The van der Waals surface area contributed by atoms with Gasteiger partial charge in [-0.25, -0.2) is 0 Å². The van der Waals surface area contributed by atoms with Gasteiger partial charge in [0.05, 0.1) is 19.2 Å². The summed E-state index contributed by atoms with van der Waals surface area (Å²) in [5, 5.41) is 0.600. The highest BCUT2D eigenvalue weighted by molar-refractivity contribution is 5.82. The zero-order chi connectivity index (χ0) is 11.5. The third kappa shape index (κ3) is 1.74. The Morgan fingerprint density at radius 1 is 1.31 bits per heavy atom. The molecule has 0 bridgehead atoms. The van der Waals surface area contributed by atoms with Crippen LogP contribution in [0, 0.1) is 0 Å². The molecule has 1 N–H and O–H groups in total. The van der Waals surface area contributed by atoms with Crippen LogP contribution in [0.3, 0.4) is 0 Å². The number of H-pyrrole nitrogens is 1. The molecule has 0 amide bonds. The maximum atomic E-state index is 11.6. The van der Waals surface area contributed by atoms with Gasteiger partial charge in [-0.05, 0) is 13.0 Å². The molecule has 0 spiro atoms. The Kier molecular flexibility index (Phi) is 2.81. The Balaban J connectivity index is 2.70. The lowest BCUT2D eigenvalue weighted by Crippen LogP contribution is -2.02. The molecule has 0 atom stereocenters. The van der Waals surface area contributed by atoms with Crippen LogP contribution in [0.4, 0.5) is 0 Å². The average molecular weight is 219 g/mol. The second kappa shape index (κ2) is 4.26. The third-order valence-electron chi connectivity index (χ3n) is 2.34. The van der Waals surface area contributed by atoms with E-state index in [4.69, 9.17) is 9.47 Å². The van der Waals surface area contributed by atoms with Crippen molar-refractivity contribution in [3.05, 3.63) is 34.6 Å². The topological polar surface area (TPSA) is 51.3 Å². The molecular formula is C12H13NO3. The van der Waals surface area contributed by atoms with Gasteiger partial charge in [0.15, 0.2) is 16.9 Å². The highest BCUT2D eigenvalue weighted by Gasteiger charge is 2.08. The van der Waals surface area contributed by atoms with Crippen LogP contribution < -0.4 is 14.9 Å². The summed E-state index contributed by atoms with van der Waals surface area (Å²) in [6.07, 6.45) is 1.62. The van der Waals surface area contributed by atoms with Crippen molar-refractivity contribution in [3.8, 4) is 11.5 Å². The van der Waals surface area contributed by atoms with Crippen molar-refractivity contribution in [2.24, 2.45) is 0 Å². The Labute approximate surface area is 92.8 Å². The highest BCUT2D eigenvalue weighted by atomic mass is 16.5. The fourth-order valence-corrected chi connectivity index (χ4v) is 1.61. The molecule has 0 saturated carbocycles. The minimum Gasteiger partial charge on any atom is -0.493 e. The van der Waals surface area contributed by atoms with Crippen molar-refractivity contribution in [2.75, 3.05) is 13.7 Å². The van der Waals surface area contributed by atoms with E-state index in [2.05, 4.69) is 4.98 Å². The van der Waals surface area contributed by atoms with Crippen molar-refractivity contribution >= 4 is 10.9 Å². The third-order valence-corrected chi connectivity index (χ3v) is 2.34. The van der Waals surface area contributed by atoms with Crippen LogP contribution in [-0.2, 0) is 0 Å². The number of aromatic amines is 1. The highest BCUT2D eigenvalue weighted by Crippen LogP contribution is 2.30. The summed E-state index contributed by atoms with van der Waals surface area (Å²) in [5.74, 6) is 1.21. The minimum absolute atomic E-state index is 0.0323. The monoisotopic (exact) mass is 219 g/mol. The summed E-state index contributed by atoms with van der Waals surface area (Å²) in [6, 6.07) is 4.96. The lowest BCUT2D eigenvalue weighted by molar-refractivity contribution is 0.311. The van der Waals surface area contributed by atoms with E-state index in [1.807, 2.05) is 6.92 Å². The average Bonchev–Trinajstić information content (AvgIpc) is 2.29. The molecule has 1 aromatic heterocycles. The first-order chi connectivity index (χ1) is 7.76. The van der Waals surface area contributed by atoms with Gasteiger partial charge in [0.1, 0.15) is 0 Å². The first-order valence-electron chi connectivity index (χ1n) is 5.08. The van der Waals surface area contributed by atoms with Crippen LogP contribution in [0.5, 0.6) is 11.5 Å². The van der Waals surface area contributed by atoms with E-state index in [1.54, 1.807) is 25.4 Å². The minimum atomic E-state index is -0.0323. The zero-order valence-electron chi connectivity index (χ0n) is 9.24. The molecular weight excluding hydrogens is 206 g/mol. The molecule has 1 heterocycles. The van der Waals surface area contributed by atoms with Crippen molar-refractivity contribution in [2.45, 2.75) is 6.92 Å². The molecule has 0 unspecified atom stereocenters. The van der Waals surface area contributed by atoms with E-state index in [0.29, 0.717) is 23.5 Å². The Morgan fingerprint density at radius 2 is 2.12 bits per heavy atom. The van der Waals surface area contributed by atoms with E-state index >= 15 is 0 Å². The quantitative estimate of drug-likeness (QED) is 0.858. The fraction of sp³-hybridized carbons (Fsp3) is 0.250. The molecule has 1 aromatic carbocycles. The summed E-state index contributed by atoms with van der Waals surface area (Å²) >= 11 is 0. The first-order valence-corrected chi connectivity index (χ1v) is 5.08. The summed E-state index contributed by atoms with van der Waals surface area (Å²) < 4.78 is 10.6. The number of hydrogen-bond donors (Lipinski definition) is 1. The predicted octanol–water partition coefficient (Wildman–Crippen LogP) is 1.94. The van der Waals surface area contributed by atoms with Gasteiger partial charge in [0.25, 0.3) is 0 Å². The number of methoxy groups -OCH3 is 1. The van der Waals surface area contributed by atoms with E-state index in [0.717, 1.165) is 5.52 Å². The van der Waals surface area contributed by atoms with E-state index in [9.17, 15) is 4.79 Å². The maximum Gasteiger partial charge on any atom is 0.189 e.